The Kier molecular flexibility index (Phi) is 3.92. The summed E-state index contributed by atoms with van der Waals surface area (Å²) in [6, 6.07) is 3.50. The van der Waals surface area contributed by atoms with Crippen molar-refractivity contribution in [1.29, 1.82) is 0 Å². The number of hydrogen-bond acceptors (Lipinski definition) is 2. The molecule has 0 radical (unpaired) electrons. The summed E-state index contributed by atoms with van der Waals surface area (Å²) >= 11 is 5.68. The van der Waals surface area contributed by atoms with E-state index >= 15 is 0 Å². The second kappa shape index (κ2) is 4.83. The Morgan fingerprint density at radius 2 is 2.19 bits per heavy atom. The molecule has 0 aromatic carbocycles. The van der Waals surface area contributed by atoms with Crippen LogP contribution in [0.25, 0.3) is 0 Å². The van der Waals surface area contributed by atoms with E-state index in [1.165, 1.54) is 0 Å². The smallest absolute Gasteiger partial charge is 0.309 e. The molecule has 0 bridgehead atoms. The Morgan fingerprint density at radius 1 is 1.56 bits per heavy atom. The van der Waals surface area contributed by atoms with Gasteiger partial charge in [-0.05, 0) is 30.9 Å². The van der Waals surface area contributed by atoms with Gasteiger partial charge in [0, 0.05) is 6.20 Å². The number of pyridine rings is 1. The van der Waals surface area contributed by atoms with Gasteiger partial charge in [-0.1, -0.05) is 31.5 Å². The number of carbonyl (C=O) groups is 1. The van der Waals surface area contributed by atoms with Crippen molar-refractivity contribution in [1.82, 2.24) is 4.98 Å². The molecule has 0 amide bonds. The van der Waals surface area contributed by atoms with Crippen LogP contribution in [0.2, 0.25) is 5.15 Å². The lowest BCUT2D eigenvalue weighted by atomic mass is 9.75. The molecule has 1 atom stereocenters. The van der Waals surface area contributed by atoms with Crippen LogP contribution in [0.5, 0.6) is 0 Å². The molecule has 1 heterocycles. The fraction of sp³-hybridized carbons (Fsp3) is 0.500. The minimum absolute atomic E-state index is 0.0562. The molecule has 4 heteroatoms. The van der Waals surface area contributed by atoms with Crippen molar-refractivity contribution in [2.24, 2.45) is 11.3 Å². The molecule has 0 saturated carbocycles. The lowest BCUT2D eigenvalue weighted by Crippen LogP contribution is -2.35. The standard InChI is InChI=1S/C12H16ClNO2/c1-8(2)12(3,11(15)16)6-9-4-5-10(13)14-7-9/h4-5,7-8H,6H2,1-3H3,(H,15,16). The highest BCUT2D eigenvalue weighted by atomic mass is 35.5. The number of aromatic nitrogens is 1. The number of halogens is 1. The van der Waals surface area contributed by atoms with Crippen molar-refractivity contribution in [2.45, 2.75) is 27.2 Å². The maximum Gasteiger partial charge on any atom is 0.309 e. The first-order valence-electron chi connectivity index (χ1n) is 5.20. The zero-order valence-corrected chi connectivity index (χ0v) is 10.5. The highest BCUT2D eigenvalue weighted by Crippen LogP contribution is 2.31. The fourth-order valence-corrected chi connectivity index (χ4v) is 1.57. The largest absolute Gasteiger partial charge is 0.481 e. The van der Waals surface area contributed by atoms with E-state index in [1.54, 1.807) is 19.2 Å². The maximum absolute atomic E-state index is 11.3. The van der Waals surface area contributed by atoms with Crippen molar-refractivity contribution in [3.05, 3.63) is 29.0 Å². The van der Waals surface area contributed by atoms with E-state index in [1.807, 2.05) is 19.9 Å². The summed E-state index contributed by atoms with van der Waals surface area (Å²) < 4.78 is 0. The molecular weight excluding hydrogens is 226 g/mol. The van der Waals surface area contributed by atoms with Crippen LogP contribution in [0.1, 0.15) is 26.3 Å². The van der Waals surface area contributed by atoms with Crippen LogP contribution in [-0.2, 0) is 11.2 Å². The Morgan fingerprint density at radius 3 is 2.56 bits per heavy atom. The van der Waals surface area contributed by atoms with E-state index in [0.29, 0.717) is 11.6 Å². The van der Waals surface area contributed by atoms with E-state index in [0.717, 1.165) is 5.56 Å². The molecule has 0 aliphatic carbocycles. The Labute approximate surface area is 100 Å². The first-order valence-corrected chi connectivity index (χ1v) is 5.58. The van der Waals surface area contributed by atoms with Gasteiger partial charge in [-0.3, -0.25) is 4.79 Å². The number of hydrogen-bond donors (Lipinski definition) is 1. The zero-order valence-electron chi connectivity index (χ0n) is 9.70. The Hall–Kier alpha value is -1.09. The van der Waals surface area contributed by atoms with Crippen molar-refractivity contribution >= 4 is 17.6 Å². The monoisotopic (exact) mass is 241 g/mol. The van der Waals surface area contributed by atoms with Gasteiger partial charge in [0.1, 0.15) is 5.15 Å². The first-order chi connectivity index (χ1) is 7.36. The summed E-state index contributed by atoms with van der Waals surface area (Å²) in [6.45, 7) is 5.59. The molecule has 88 valence electrons. The van der Waals surface area contributed by atoms with Gasteiger partial charge >= 0.3 is 5.97 Å². The first kappa shape index (κ1) is 13.0. The second-order valence-electron chi connectivity index (χ2n) is 4.54. The molecule has 1 aromatic heterocycles. The maximum atomic E-state index is 11.3. The molecule has 0 aliphatic heterocycles. The van der Waals surface area contributed by atoms with Crippen LogP contribution in [0, 0.1) is 11.3 Å². The Bertz CT molecular complexity index is 375. The van der Waals surface area contributed by atoms with E-state index in [2.05, 4.69) is 4.98 Å². The minimum atomic E-state index is -0.780. The van der Waals surface area contributed by atoms with Gasteiger partial charge < -0.3 is 5.11 Å². The third-order valence-electron chi connectivity index (χ3n) is 3.12. The highest BCUT2D eigenvalue weighted by Gasteiger charge is 2.36. The highest BCUT2D eigenvalue weighted by molar-refractivity contribution is 6.29. The summed E-state index contributed by atoms with van der Waals surface area (Å²) in [5.74, 6) is -0.724. The molecule has 16 heavy (non-hydrogen) atoms. The van der Waals surface area contributed by atoms with Crippen LogP contribution >= 0.6 is 11.6 Å². The van der Waals surface area contributed by atoms with Gasteiger partial charge in [0.15, 0.2) is 0 Å². The van der Waals surface area contributed by atoms with Crippen LogP contribution in [0.4, 0.5) is 0 Å². The normalized spacial score (nSPS) is 14.8. The molecule has 0 aliphatic rings. The average Bonchev–Trinajstić information content (AvgIpc) is 2.20. The number of rotatable bonds is 4. The molecular formula is C12H16ClNO2. The number of carboxylic acid groups (broad SMARTS) is 1. The summed E-state index contributed by atoms with van der Waals surface area (Å²) in [4.78, 5) is 15.2. The van der Waals surface area contributed by atoms with Gasteiger partial charge in [0.2, 0.25) is 0 Å². The Balaban J connectivity index is 2.93. The molecule has 1 aromatic rings. The number of nitrogens with zero attached hydrogens (tertiary/aromatic N) is 1. The molecule has 0 spiro atoms. The van der Waals surface area contributed by atoms with Crippen molar-refractivity contribution in [2.75, 3.05) is 0 Å². The SMILES string of the molecule is CC(C)C(C)(Cc1ccc(Cl)nc1)C(=O)O. The third-order valence-corrected chi connectivity index (χ3v) is 3.35. The van der Waals surface area contributed by atoms with Crippen LogP contribution < -0.4 is 0 Å². The number of carboxylic acids is 1. The van der Waals surface area contributed by atoms with E-state index in [4.69, 9.17) is 11.6 Å². The van der Waals surface area contributed by atoms with Crippen molar-refractivity contribution in [3.8, 4) is 0 Å². The average molecular weight is 242 g/mol. The van der Waals surface area contributed by atoms with E-state index < -0.39 is 11.4 Å². The minimum Gasteiger partial charge on any atom is -0.481 e. The molecule has 0 fully saturated rings. The summed E-state index contributed by atoms with van der Waals surface area (Å²) in [5, 5.41) is 9.69. The van der Waals surface area contributed by atoms with E-state index in [-0.39, 0.29) is 5.92 Å². The van der Waals surface area contributed by atoms with Gasteiger partial charge in [-0.2, -0.15) is 0 Å². The quantitative estimate of drug-likeness (QED) is 0.825. The van der Waals surface area contributed by atoms with Gasteiger partial charge in [-0.15, -0.1) is 0 Å². The van der Waals surface area contributed by atoms with Crippen LogP contribution in [0.3, 0.4) is 0 Å². The lowest BCUT2D eigenvalue weighted by molar-refractivity contribution is -0.150. The topological polar surface area (TPSA) is 50.2 Å². The second-order valence-corrected chi connectivity index (χ2v) is 4.93. The van der Waals surface area contributed by atoms with Crippen molar-refractivity contribution < 1.29 is 9.90 Å². The molecule has 1 rings (SSSR count). The lowest BCUT2D eigenvalue weighted by Gasteiger charge is -2.29. The molecule has 3 nitrogen and oxygen atoms in total. The van der Waals surface area contributed by atoms with Crippen molar-refractivity contribution in [3.63, 3.8) is 0 Å². The predicted octanol–water partition coefficient (Wildman–Crippen LogP) is 3.02. The summed E-state index contributed by atoms with van der Waals surface area (Å²) in [5.41, 5.74) is 0.123. The number of aliphatic carboxylic acids is 1. The fourth-order valence-electron chi connectivity index (χ4n) is 1.46. The van der Waals surface area contributed by atoms with Gasteiger partial charge in [0.05, 0.1) is 5.41 Å². The summed E-state index contributed by atoms with van der Waals surface area (Å²) in [6.07, 6.45) is 2.09. The van der Waals surface area contributed by atoms with E-state index in [9.17, 15) is 9.90 Å². The van der Waals surface area contributed by atoms with Crippen LogP contribution in [0.15, 0.2) is 18.3 Å². The predicted molar refractivity (Wildman–Crippen MR) is 63.5 cm³/mol. The van der Waals surface area contributed by atoms with Gasteiger partial charge in [0.25, 0.3) is 0 Å². The van der Waals surface area contributed by atoms with Crippen LogP contribution in [-0.4, -0.2) is 16.1 Å². The van der Waals surface area contributed by atoms with Gasteiger partial charge in [-0.25, -0.2) is 4.98 Å². The summed E-state index contributed by atoms with van der Waals surface area (Å²) in [7, 11) is 0. The zero-order chi connectivity index (χ0) is 12.3. The molecule has 0 saturated heterocycles. The molecule has 1 N–H and O–H groups in total. The molecule has 1 unspecified atom stereocenters. The third kappa shape index (κ3) is 2.73.